The zero-order valence-electron chi connectivity index (χ0n) is 20.0. The van der Waals surface area contributed by atoms with Gasteiger partial charge in [0.05, 0.1) is 12.6 Å². The van der Waals surface area contributed by atoms with Gasteiger partial charge in [-0.15, -0.1) is 0 Å². The lowest BCUT2D eigenvalue weighted by Crippen LogP contribution is -2.58. The fraction of sp³-hybridized carbons (Fsp3) is 0.750. The number of thioether (sulfide) groups is 1. The van der Waals surface area contributed by atoms with Crippen LogP contribution in [0.4, 0.5) is 0 Å². The van der Waals surface area contributed by atoms with Gasteiger partial charge in [-0.1, -0.05) is 20.3 Å². The summed E-state index contributed by atoms with van der Waals surface area (Å²) in [6.07, 6.45) is 3.24. The van der Waals surface area contributed by atoms with Gasteiger partial charge in [-0.25, -0.2) is 4.79 Å². The van der Waals surface area contributed by atoms with Gasteiger partial charge >= 0.3 is 5.97 Å². The molecule has 0 spiro atoms. The molecule has 196 valence electrons. The fourth-order valence-corrected chi connectivity index (χ4v) is 3.32. The van der Waals surface area contributed by atoms with Crippen LogP contribution in [0.3, 0.4) is 0 Å². The highest BCUT2D eigenvalue weighted by Gasteiger charge is 2.31. The molecule has 0 heterocycles. The molecule has 0 saturated heterocycles. The van der Waals surface area contributed by atoms with Crippen LogP contribution < -0.4 is 33.2 Å². The Morgan fingerprint density at radius 3 is 2.09 bits per heavy atom. The second-order valence-electron chi connectivity index (χ2n) is 7.85. The normalized spacial score (nSPS) is 15.2. The molecule has 5 unspecified atom stereocenters. The van der Waals surface area contributed by atoms with Crippen molar-refractivity contribution in [3.8, 4) is 0 Å². The second kappa shape index (κ2) is 16.9. The first-order valence-electron chi connectivity index (χ1n) is 11.0. The van der Waals surface area contributed by atoms with Gasteiger partial charge in [0.1, 0.15) is 18.1 Å². The van der Waals surface area contributed by atoms with Gasteiger partial charge in [0.15, 0.2) is 5.96 Å². The molecule has 5 atom stereocenters. The van der Waals surface area contributed by atoms with Crippen LogP contribution in [0.25, 0.3) is 0 Å². The molecule has 0 aliphatic rings. The summed E-state index contributed by atoms with van der Waals surface area (Å²) >= 11 is 1.53. The van der Waals surface area contributed by atoms with Crippen molar-refractivity contribution in [3.63, 3.8) is 0 Å². The van der Waals surface area contributed by atoms with Crippen LogP contribution in [0, 0.1) is 5.92 Å². The minimum atomic E-state index is -1.42. The van der Waals surface area contributed by atoms with Gasteiger partial charge in [-0.3, -0.25) is 19.4 Å². The molecule has 0 radical (unpaired) electrons. The standard InChI is InChI=1S/C20H39N7O6S/c1-4-11(2)15(19(32)33)27-18(31)14(10-28)26-17(30)13(6-5-8-24-20(22)23)25-16(29)12(21)7-9-34-3/h11-15,28H,4-10,21H2,1-3H3,(H,25,29)(H,26,30)(H,27,31)(H,32,33)(H4,22,23,24). The van der Waals surface area contributed by atoms with E-state index in [1.54, 1.807) is 13.8 Å². The molecule has 3 amide bonds. The number of nitrogens with two attached hydrogens (primary N) is 3. The molecular formula is C20H39N7O6S. The van der Waals surface area contributed by atoms with Crippen molar-refractivity contribution in [2.45, 2.75) is 63.7 Å². The highest BCUT2D eigenvalue weighted by atomic mass is 32.2. The molecule has 0 aromatic rings. The highest BCUT2D eigenvalue weighted by Crippen LogP contribution is 2.08. The van der Waals surface area contributed by atoms with Crippen molar-refractivity contribution < 1.29 is 29.4 Å². The molecule has 0 bridgehead atoms. The molecule has 34 heavy (non-hydrogen) atoms. The number of hydrogen-bond donors (Lipinski definition) is 8. The van der Waals surface area contributed by atoms with Crippen LogP contribution in [0.15, 0.2) is 4.99 Å². The number of hydrogen-bond acceptors (Lipinski definition) is 8. The van der Waals surface area contributed by atoms with Crippen molar-refractivity contribution in [3.05, 3.63) is 0 Å². The van der Waals surface area contributed by atoms with Crippen LogP contribution >= 0.6 is 11.8 Å². The van der Waals surface area contributed by atoms with Crippen molar-refractivity contribution in [2.24, 2.45) is 28.1 Å². The molecule has 0 saturated carbocycles. The first-order chi connectivity index (χ1) is 16.0. The minimum Gasteiger partial charge on any atom is -0.480 e. The number of nitrogens with zero attached hydrogens (tertiary/aromatic N) is 1. The zero-order chi connectivity index (χ0) is 26.3. The molecule has 0 aromatic carbocycles. The number of aliphatic carboxylic acids is 1. The third-order valence-electron chi connectivity index (χ3n) is 5.14. The first kappa shape index (κ1) is 31.4. The lowest BCUT2D eigenvalue weighted by atomic mass is 9.99. The monoisotopic (exact) mass is 505 g/mol. The summed E-state index contributed by atoms with van der Waals surface area (Å²) < 4.78 is 0. The molecule has 0 aromatic heterocycles. The number of carbonyl (C=O) groups is 4. The molecule has 0 fully saturated rings. The fourth-order valence-electron chi connectivity index (χ4n) is 2.83. The van der Waals surface area contributed by atoms with Crippen molar-refractivity contribution >= 4 is 41.4 Å². The molecule has 0 aliphatic heterocycles. The number of aliphatic hydroxyl groups excluding tert-OH is 1. The summed E-state index contributed by atoms with van der Waals surface area (Å²) in [6.45, 7) is 2.87. The van der Waals surface area contributed by atoms with Gasteiger partial charge in [-0.05, 0) is 37.2 Å². The maximum atomic E-state index is 12.9. The van der Waals surface area contributed by atoms with Crippen molar-refractivity contribution in [2.75, 3.05) is 25.2 Å². The summed E-state index contributed by atoms with van der Waals surface area (Å²) in [5, 5.41) is 26.3. The number of rotatable bonds is 17. The third-order valence-corrected chi connectivity index (χ3v) is 5.78. The second-order valence-corrected chi connectivity index (χ2v) is 8.84. The van der Waals surface area contributed by atoms with Gasteiger partial charge in [0, 0.05) is 6.54 Å². The smallest absolute Gasteiger partial charge is 0.326 e. The summed E-state index contributed by atoms with van der Waals surface area (Å²) in [4.78, 5) is 53.2. The Labute approximate surface area is 204 Å². The maximum absolute atomic E-state index is 12.9. The number of carboxylic acid groups (broad SMARTS) is 1. The van der Waals surface area contributed by atoms with E-state index in [-0.39, 0.29) is 24.8 Å². The van der Waals surface area contributed by atoms with Gasteiger partial charge in [0.2, 0.25) is 17.7 Å². The zero-order valence-corrected chi connectivity index (χ0v) is 20.8. The van der Waals surface area contributed by atoms with Crippen LogP contribution in [0.1, 0.15) is 39.5 Å². The summed E-state index contributed by atoms with van der Waals surface area (Å²) in [7, 11) is 0. The van der Waals surface area contributed by atoms with E-state index in [2.05, 4.69) is 20.9 Å². The first-order valence-corrected chi connectivity index (χ1v) is 12.4. The molecular weight excluding hydrogens is 466 g/mol. The van der Waals surface area contributed by atoms with E-state index in [1.165, 1.54) is 11.8 Å². The molecule has 14 heteroatoms. The minimum absolute atomic E-state index is 0.115. The number of amides is 3. The number of carbonyl (C=O) groups excluding carboxylic acids is 3. The highest BCUT2D eigenvalue weighted by molar-refractivity contribution is 7.98. The number of carboxylic acids is 1. The predicted molar refractivity (Wildman–Crippen MR) is 131 cm³/mol. The van der Waals surface area contributed by atoms with E-state index in [4.69, 9.17) is 17.2 Å². The topological polar surface area (TPSA) is 235 Å². The van der Waals surface area contributed by atoms with Crippen LogP contribution in [-0.2, 0) is 19.2 Å². The Bertz CT molecular complexity index is 705. The van der Waals surface area contributed by atoms with Gasteiger partial charge < -0.3 is 43.4 Å². The predicted octanol–water partition coefficient (Wildman–Crippen LogP) is -2.30. The quantitative estimate of drug-likeness (QED) is 0.0597. The van der Waals surface area contributed by atoms with Gasteiger partial charge in [-0.2, -0.15) is 11.8 Å². The lowest BCUT2D eigenvalue weighted by Gasteiger charge is -2.25. The van der Waals surface area contributed by atoms with E-state index in [0.717, 1.165) is 0 Å². The van der Waals surface area contributed by atoms with Crippen molar-refractivity contribution in [1.29, 1.82) is 0 Å². The SMILES string of the molecule is CCC(C)C(NC(=O)C(CO)NC(=O)C(CCCN=C(N)N)NC(=O)C(N)CCSC)C(=O)O. The molecule has 0 aliphatic carbocycles. The largest absolute Gasteiger partial charge is 0.480 e. The number of guanidine groups is 1. The van der Waals surface area contributed by atoms with Gasteiger partial charge in [0.25, 0.3) is 0 Å². The Morgan fingerprint density at radius 1 is 1.00 bits per heavy atom. The third kappa shape index (κ3) is 12.0. The Balaban J connectivity index is 5.36. The van der Waals surface area contributed by atoms with E-state index in [9.17, 15) is 29.4 Å². The summed E-state index contributed by atoms with van der Waals surface area (Å²) in [5.74, 6) is -3.19. The van der Waals surface area contributed by atoms with Crippen LogP contribution in [0.5, 0.6) is 0 Å². The lowest BCUT2D eigenvalue weighted by molar-refractivity contribution is -0.144. The van der Waals surface area contributed by atoms with E-state index in [0.29, 0.717) is 25.0 Å². The average Bonchev–Trinajstić information content (AvgIpc) is 2.79. The molecule has 13 nitrogen and oxygen atoms in total. The Kier molecular flexibility index (Phi) is 15.7. The molecule has 0 rings (SSSR count). The van der Waals surface area contributed by atoms with Crippen molar-refractivity contribution in [1.82, 2.24) is 16.0 Å². The number of nitrogens with one attached hydrogen (secondary N) is 3. The number of aliphatic hydroxyl groups is 1. The van der Waals surface area contributed by atoms with E-state index < -0.39 is 54.5 Å². The van der Waals surface area contributed by atoms with E-state index in [1.807, 2.05) is 6.26 Å². The van der Waals surface area contributed by atoms with Crippen LogP contribution in [0.2, 0.25) is 0 Å². The maximum Gasteiger partial charge on any atom is 0.326 e. The van der Waals surface area contributed by atoms with Crippen LogP contribution in [-0.4, -0.2) is 89.2 Å². The molecule has 11 N–H and O–H groups in total. The summed E-state index contributed by atoms with van der Waals surface area (Å²) in [6, 6.07) is -4.51. The summed E-state index contributed by atoms with van der Waals surface area (Å²) in [5.41, 5.74) is 16.5. The Hall–Kier alpha value is -2.58. The average molecular weight is 506 g/mol. The number of aliphatic imine (C=N–C) groups is 1. The van der Waals surface area contributed by atoms with E-state index >= 15 is 0 Å². The Morgan fingerprint density at radius 2 is 1.59 bits per heavy atom.